The van der Waals surface area contributed by atoms with Crippen LogP contribution in [0.5, 0.6) is 0 Å². The van der Waals surface area contributed by atoms with Crippen LogP contribution in [0, 0.1) is 12.8 Å². The largest absolute Gasteiger partial charge is 0.326 e. The second-order valence-electron chi connectivity index (χ2n) is 6.46. The lowest BCUT2D eigenvalue weighted by molar-refractivity contribution is -0.117. The molecule has 1 fully saturated rings. The van der Waals surface area contributed by atoms with Gasteiger partial charge < -0.3 is 16.0 Å². The highest BCUT2D eigenvalue weighted by Gasteiger charge is 2.29. The zero-order chi connectivity index (χ0) is 18.7. The van der Waals surface area contributed by atoms with Gasteiger partial charge in [-0.25, -0.2) is 0 Å². The number of hydrogen-bond donors (Lipinski definition) is 3. The molecule has 2 aromatic rings. The van der Waals surface area contributed by atoms with Gasteiger partial charge in [0.1, 0.15) is 0 Å². The van der Waals surface area contributed by atoms with Crippen LogP contribution in [0.25, 0.3) is 0 Å². The molecule has 2 aromatic carbocycles. The smallest absolute Gasteiger partial charge is 0.255 e. The zero-order valence-electron chi connectivity index (χ0n) is 14.8. The van der Waals surface area contributed by atoms with Gasteiger partial charge in [0.2, 0.25) is 11.8 Å². The van der Waals surface area contributed by atoms with Gasteiger partial charge in [0, 0.05) is 35.5 Å². The quantitative estimate of drug-likeness (QED) is 0.770. The topological polar surface area (TPSA) is 87.3 Å². The van der Waals surface area contributed by atoms with E-state index in [0.29, 0.717) is 22.6 Å². The molecule has 3 N–H and O–H groups in total. The highest BCUT2D eigenvalue weighted by Crippen LogP contribution is 2.30. The molecular formula is C20H21N3O3. The average molecular weight is 351 g/mol. The summed E-state index contributed by atoms with van der Waals surface area (Å²) in [7, 11) is 0. The van der Waals surface area contributed by atoms with Gasteiger partial charge in [0.05, 0.1) is 0 Å². The van der Waals surface area contributed by atoms with Crippen LogP contribution in [0.3, 0.4) is 0 Å². The number of hydrogen-bond acceptors (Lipinski definition) is 3. The lowest BCUT2D eigenvalue weighted by atomic mass is 10.1. The third kappa shape index (κ3) is 4.27. The van der Waals surface area contributed by atoms with Crippen molar-refractivity contribution in [3.63, 3.8) is 0 Å². The molecule has 1 saturated carbocycles. The molecule has 6 nitrogen and oxygen atoms in total. The van der Waals surface area contributed by atoms with E-state index < -0.39 is 0 Å². The van der Waals surface area contributed by atoms with Crippen molar-refractivity contribution in [2.45, 2.75) is 26.7 Å². The number of carbonyl (C=O) groups is 3. The number of rotatable bonds is 5. The maximum Gasteiger partial charge on any atom is 0.255 e. The van der Waals surface area contributed by atoms with Gasteiger partial charge in [-0.15, -0.1) is 0 Å². The van der Waals surface area contributed by atoms with E-state index in [1.165, 1.54) is 6.92 Å². The fourth-order valence-corrected chi connectivity index (χ4v) is 2.62. The van der Waals surface area contributed by atoms with Crippen LogP contribution >= 0.6 is 0 Å². The van der Waals surface area contributed by atoms with Gasteiger partial charge in [0.15, 0.2) is 0 Å². The first-order chi connectivity index (χ1) is 12.4. The molecule has 0 spiro atoms. The standard InChI is InChI=1S/C20H21N3O3/c1-12-17(21-13(2)24)7-4-8-18(12)23-20(26)15-5-3-6-16(11-15)22-19(25)14-9-10-14/h3-8,11,14H,9-10H2,1-2H3,(H,21,24)(H,22,25)(H,23,26). The lowest BCUT2D eigenvalue weighted by Crippen LogP contribution is -2.16. The number of anilines is 3. The third-order valence-corrected chi connectivity index (χ3v) is 4.23. The van der Waals surface area contributed by atoms with Crippen LogP contribution in [0.4, 0.5) is 17.1 Å². The Kier molecular flexibility index (Phi) is 5.02. The van der Waals surface area contributed by atoms with E-state index in [1.54, 1.807) is 42.5 Å². The Hall–Kier alpha value is -3.15. The van der Waals surface area contributed by atoms with Gasteiger partial charge in [0.25, 0.3) is 5.91 Å². The zero-order valence-corrected chi connectivity index (χ0v) is 14.8. The number of carbonyl (C=O) groups excluding carboxylic acids is 3. The second-order valence-corrected chi connectivity index (χ2v) is 6.46. The highest BCUT2D eigenvalue weighted by atomic mass is 16.2. The fraction of sp³-hybridized carbons (Fsp3) is 0.250. The van der Waals surface area contributed by atoms with Crippen molar-refractivity contribution in [3.05, 3.63) is 53.6 Å². The SMILES string of the molecule is CC(=O)Nc1cccc(NC(=O)c2cccc(NC(=O)C3CC3)c2)c1C. The average Bonchev–Trinajstić information content (AvgIpc) is 3.43. The number of nitrogens with one attached hydrogen (secondary N) is 3. The molecule has 0 atom stereocenters. The van der Waals surface area contributed by atoms with Crippen LogP contribution < -0.4 is 16.0 Å². The van der Waals surface area contributed by atoms with Crippen LogP contribution in [-0.4, -0.2) is 17.7 Å². The van der Waals surface area contributed by atoms with Gasteiger partial charge in [-0.2, -0.15) is 0 Å². The molecule has 0 aliphatic heterocycles. The molecular weight excluding hydrogens is 330 g/mol. The molecule has 0 saturated heterocycles. The summed E-state index contributed by atoms with van der Waals surface area (Å²) < 4.78 is 0. The maximum atomic E-state index is 12.6. The Morgan fingerprint density at radius 2 is 1.58 bits per heavy atom. The first kappa shape index (κ1) is 17.7. The summed E-state index contributed by atoms with van der Waals surface area (Å²) in [5.74, 6) is -0.348. The summed E-state index contributed by atoms with van der Waals surface area (Å²) in [5, 5.41) is 8.43. The Balaban J connectivity index is 1.74. The Morgan fingerprint density at radius 1 is 0.923 bits per heavy atom. The second kappa shape index (κ2) is 7.39. The van der Waals surface area contributed by atoms with E-state index in [2.05, 4.69) is 16.0 Å². The molecule has 0 unspecified atom stereocenters. The molecule has 6 heteroatoms. The van der Waals surface area contributed by atoms with E-state index in [-0.39, 0.29) is 23.6 Å². The van der Waals surface area contributed by atoms with Crippen LogP contribution in [0.15, 0.2) is 42.5 Å². The Labute approximate surface area is 152 Å². The van der Waals surface area contributed by atoms with E-state index in [4.69, 9.17) is 0 Å². The van der Waals surface area contributed by atoms with Gasteiger partial charge >= 0.3 is 0 Å². The molecule has 0 radical (unpaired) electrons. The number of benzene rings is 2. The lowest BCUT2D eigenvalue weighted by Gasteiger charge is -2.13. The summed E-state index contributed by atoms with van der Waals surface area (Å²) in [6.45, 7) is 3.26. The third-order valence-electron chi connectivity index (χ3n) is 4.23. The maximum absolute atomic E-state index is 12.6. The predicted molar refractivity (Wildman–Crippen MR) is 101 cm³/mol. The molecule has 0 heterocycles. The van der Waals surface area contributed by atoms with Gasteiger partial charge in [-0.05, 0) is 55.7 Å². The highest BCUT2D eigenvalue weighted by molar-refractivity contribution is 6.06. The minimum absolute atomic E-state index is 0.00131. The van der Waals surface area contributed by atoms with Crippen molar-refractivity contribution in [3.8, 4) is 0 Å². The van der Waals surface area contributed by atoms with E-state index >= 15 is 0 Å². The minimum Gasteiger partial charge on any atom is -0.326 e. The Bertz CT molecular complexity index is 872. The fourth-order valence-electron chi connectivity index (χ4n) is 2.62. The van der Waals surface area contributed by atoms with E-state index in [9.17, 15) is 14.4 Å². The summed E-state index contributed by atoms with van der Waals surface area (Å²) in [4.78, 5) is 35.7. The number of amides is 3. The van der Waals surface area contributed by atoms with Crippen molar-refractivity contribution >= 4 is 34.8 Å². The van der Waals surface area contributed by atoms with Gasteiger partial charge in [-0.1, -0.05) is 12.1 Å². The molecule has 26 heavy (non-hydrogen) atoms. The van der Waals surface area contributed by atoms with Gasteiger partial charge in [-0.3, -0.25) is 14.4 Å². The van der Waals surface area contributed by atoms with Crippen molar-refractivity contribution in [1.82, 2.24) is 0 Å². The van der Waals surface area contributed by atoms with Crippen molar-refractivity contribution in [2.24, 2.45) is 5.92 Å². The van der Waals surface area contributed by atoms with E-state index in [0.717, 1.165) is 18.4 Å². The molecule has 1 aliphatic carbocycles. The molecule has 134 valence electrons. The molecule has 3 rings (SSSR count). The van der Waals surface area contributed by atoms with E-state index in [1.807, 2.05) is 6.92 Å². The molecule has 0 bridgehead atoms. The summed E-state index contributed by atoms with van der Waals surface area (Å²) in [5.41, 5.74) is 3.10. The normalized spacial score (nSPS) is 13.0. The summed E-state index contributed by atoms with van der Waals surface area (Å²) in [6.07, 6.45) is 1.85. The monoisotopic (exact) mass is 351 g/mol. The van der Waals surface area contributed by atoms with Crippen LogP contribution in [-0.2, 0) is 9.59 Å². The molecule has 0 aromatic heterocycles. The molecule has 3 amide bonds. The summed E-state index contributed by atoms with van der Waals surface area (Å²) >= 11 is 0. The minimum atomic E-state index is -0.282. The van der Waals surface area contributed by atoms with Crippen molar-refractivity contribution in [2.75, 3.05) is 16.0 Å². The van der Waals surface area contributed by atoms with Crippen LogP contribution in [0.2, 0.25) is 0 Å². The molecule has 1 aliphatic rings. The Morgan fingerprint density at radius 3 is 2.23 bits per heavy atom. The van der Waals surface area contributed by atoms with Crippen molar-refractivity contribution < 1.29 is 14.4 Å². The van der Waals surface area contributed by atoms with Crippen molar-refractivity contribution in [1.29, 1.82) is 0 Å². The summed E-state index contributed by atoms with van der Waals surface area (Å²) in [6, 6.07) is 12.2. The predicted octanol–water partition coefficient (Wildman–Crippen LogP) is 3.55. The van der Waals surface area contributed by atoms with Crippen LogP contribution in [0.1, 0.15) is 35.7 Å². The first-order valence-corrected chi connectivity index (χ1v) is 8.53. The first-order valence-electron chi connectivity index (χ1n) is 8.53.